The van der Waals surface area contributed by atoms with Gasteiger partial charge in [-0.05, 0) is 19.9 Å². The van der Waals surface area contributed by atoms with E-state index in [1.54, 1.807) is 13.8 Å². The minimum atomic E-state index is -1.06. The monoisotopic (exact) mass is 337 g/mol. The van der Waals surface area contributed by atoms with Crippen molar-refractivity contribution < 1.29 is 27.8 Å². The maximum absolute atomic E-state index is 14.4. The molecule has 7 heteroatoms. The summed E-state index contributed by atoms with van der Waals surface area (Å²) in [5.41, 5.74) is 0.946. The van der Waals surface area contributed by atoms with Gasteiger partial charge in [0.25, 0.3) is 0 Å². The number of hydrogen-bond acceptors (Lipinski definition) is 5. The molecule has 1 aromatic carbocycles. The Morgan fingerprint density at radius 2 is 1.50 bits per heavy atom. The van der Waals surface area contributed by atoms with E-state index in [0.717, 1.165) is 6.07 Å². The van der Waals surface area contributed by atoms with Crippen molar-refractivity contribution in [1.29, 1.82) is 0 Å². The third-order valence-corrected chi connectivity index (χ3v) is 3.84. The first-order chi connectivity index (χ1) is 11.3. The van der Waals surface area contributed by atoms with E-state index >= 15 is 0 Å². The molecular formula is C17H17F2NO4. The predicted molar refractivity (Wildman–Crippen MR) is 81.7 cm³/mol. The third-order valence-electron chi connectivity index (χ3n) is 3.84. The maximum Gasteiger partial charge on any atom is 0.336 e. The van der Waals surface area contributed by atoms with Gasteiger partial charge in [-0.3, -0.25) is 0 Å². The number of nitrogens with one attached hydrogen (secondary N) is 1. The standard InChI is InChI=1S/C17H17F2NO4/c1-8-13(16(21)23-3)15(11-6-5-10(18)7-12(11)19)14(9(2)20-8)17(22)24-4/h5-7,15,20H,1-4H3. The third kappa shape index (κ3) is 3.02. The number of methoxy groups -OCH3 is 2. The molecule has 128 valence electrons. The summed E-state index contributed by atoms with van der Waals surface area (Å²) >= 11 is 0. The lowest BCUT2D eigenvalue weighted by atomic mass is 9.80. The summed E-state index contributed by atoms with van der Waals surface area (Å²) in [4.78, 5) is 24.4. The fourth-order valence-corrected chi connectivity index (χ4v) is 2.80. The van der Waals surface area contributed by atoms with Gasteiger partial charge in [0.15, 0.2) is 0 Å². The lowest BCUT2D eigenvalue weighted by Crippen LogP contribution is -2.32. The molecule has 0 saturated heterocycles. The first kappa shape index (κ1) is 17.7. The molecule has 0 bridgehead atoms. The van der Waals surface area contributed by atoms with Crippen LogP contribution in [0.2, 0.25) is 0 Å². The fraction of sp³-hybridized carbons (Fsp3) is 0.294. The molecule has 0 fully saturated rings. The van der Waals surface area contributed by atoms with Gasteiger partial charge < -0.3 is 14.8 Å². The van der Waals surface area contributed by atoms with Crippen molar-refractivity contribution in [3.63, 3.8) is 0 Å². The second-order valence-corrected chi connectivity index (χ2v) is 5.28. The van der Waals surface area contributed by atoms with E-state index in [9.17, 15) is 18.4 Å². The van der Waals surface area contributed by atoms with E-state index < -0.39 is 29.5 Å². The Hall–Kier alpha value is -2.70. The molecule has 0 radical (unpaired) electrons. The van der Waals surface area contributed by atoms with Gasteiger partial charge in [0.05, 0.1) is 31.3 Å². The van der Waals surface area contributed by atoms with Gasteiger partial charge in [-0.15, -0.1) is 0 Å². The van der Waals surface area contributed by atoms with Crippen LogP contribution in [-0.4, -0.2) is 26.2 Å². The van der Waals surface area contributed by atoms with Crippen molar-refractivity contribution in [2.45, 2.75) is 19.8 Å². The lowest BCUT2D eigenvalue weighted by molar-refractivity contribution is -0.137. The van der Waals surface area contributed by atoms with E-state index in [-0.39, 0.29) is 16.7 Å². The van der Waals surface area contributed by atoms with Gasteiger partial charge in [-0.1, -0.05) is 6.07 Å². The zero-order valence-electron chi connectivity index (χ0n) is 13.7. The molecular weight excluding hydrogens is 320 g/mol. The molecule has 1 N–H and O–H groups in total. The Morgan fingerprint density at radius 1 is 1.00 bits per heavy atom. The summed E-state index contributed by atoms with van der Waals surface area (Å²) < 4.78 is 37.1. The minimum Gasteiger partial charge on any atom is -0.466 e. The SMILES string of the molecule is COC(=O)C1=C(C)NC(C)=C(C(=O)OC)C1c1ccc(F)cc1F. The normalized spacial score (nSPS) is 15.2. The van der Waals surface area contributed by atoms with Crippen LogP contribution < -0.4 is 5.32 Å². The smallest absolute Gasteiger partial charge is 0.336 e. The van der Waals surface area contributed by atoms with Crippen molar-refractivity contribution in [1.82, 2.24) is 5.32 Å². The highest BCUT2D eigenvalue weighted by Crippen LogP contribution is 2.40. The number of carbonyl (C=O) groups is 2. The summed E-state index contributed by atoms with van der Waals surface area (Å²) in [6.07, 6.45) is 0. The first-order valence-electron chi connectivity index (χ1n) is 7.12. The summed E-state index contributed by atoms with van der Waals surface area (Å²) in [5, 5.41) is 2.90. The Morgan fingerprint density at radius 3 is 1.92 bits per heavy atom. The van der Waals surface area contributed by atoms with Gasteiger partial charge in [0, 0.05) is 23.0 Å². The van der Waals surface area contributed by atoms with Crippen LogP contribution in [0.25, 0.3) is 0 Å². The van der Waals surface area contributed by atoms with Crippen LogP contribution in [0, 0.1) is 11.6 Å². The second-order valence-electron chi connectivity index (χ2n) is 5.28. The summed E-state index contributed by atoms with van der Waals surface area (Å²) in [6.45, 7) is 3.22. The summed E-state index contributed by atoms with van der Waals surface area (Å²) in [5.74, 6) is -4.13. The van der Waals surface area contributed by atoms with Gasteiger partial charge in [-0.25, -0.2) is 18.4 Å². The van der Waals surface area contributed by atoms with Crippen molar-refractivity contribution in [2.75, 3.05) is 14.2 Å². The van der Waals surface area contributed by atoms with Crippen LogP contribution in [0.5, 0.6) is 0 Å². The van der Waals surface area contributed by atoms with Crippen LogP contribution in [0.3, 0.4) is 0 Å². The van der Waals surface area contributed by atoms with Gasteiger partial charge in [0.2, 0.25) is 0 Å². The van der Waals surface area contributed by atoms with Gasteiger partial charge in [0.1, 0.15) is 11.6 Å². The number of dihydropyridines is 1. The van der Waals surface area contributed by atoms with Gasteiger partial charge >= 0.3 is 11.9 Å². The molecule has 1 aromatic rings. The Labute approximate surface area is 137 Å². The number of rotatable bonds is 3. The highest BCUT2D eigenvalue weighted by Gasteiger charge is 2.38. The minimum absolute atomic E-state index is 0.0163. The summed E-state index contributed by atoms with van der Waals surface area (Å²) in [7, 11) is 2.37. The predicted octanol–water partition coefficient (Wildman–Crippen LogP) is 2.55. The molecule has 0 spiro atoms. The topological polar surface area (TPSA) is 64.6 Å². The average molecular weight is 337 g/mol. The molecule has 0 atom stereocenters. The Bertz CT molecular complexity index is 730. The number of carbonyl (C=O) groups excluding carboxylic acids is 2. The molecule has 1 aliphatic rings. The highest BCUT2D eigenvalue weighted by molar-refractivity contribution is 5.99. The van der Waals surface area contributed by atoms with Crippen molar-refractivity contribution in [2.24, 2.45) is 0 Å². The first-order valence-corrected chi connectivity index (χ1v) is 7.12. The van der Waals surface area contributed by atoms with E-state index in [4.69, 9.17) is 9.47 Å². The number of esters is 2. The zero-order chi connectivity index (χ0) is 18.0. The molecule has 0 unspecified atom stereocenters. The maximum atomic E-state index is 14.4. The van der Waals surface area contributed by atoms with E-state index in [2.05, 4.69) is 5.32 Å². The van der Waals surface area contributed by atoms with Crippen LogP contribution in [0.1, 0.15) is 25.3 Å². The van der Waals surface area contributed by atoms with Crippen molar-refractivity contribution in [3.8, 4) is 0 Å². The molecule has 0 amide bonds. The second kappa shape index (κ2) is 6.82. The molecule has 5 nitrogen and oxygen atoms in total. The number of halogens is 2. The molecule has 0 aromatic heterocycles. The highest BCUT2D eigenvalue weighted by atomic mass is 19.1. The Balaban J connectivity index is 2.74. The zero-order valence-corrected chi connectivity index (χ0v) is 13.7. The van der Waals surface area contributed by atoms with Crippen LogP contribution in [0.15, 0.2) is 40.7 Å². The summed E-state index contributed by atoms with van der Waals surface area (Å²) in [6, 6.07) is 2.97. The Kier molecular flexibility index (Phi) is 5.02. The van der Waals surface area contributed by atoms with E-state index in [1.807, 2.05) is 0 Å². The van der Waals surface area contributed by atoms with Crippen LogP contribution >= 0.6 is 0 Å². The largest absolute Gasteiger partial charge is 0.466 e. The molecule has 2 rings (SSSR count). The van der Waals surface area contributed by atoms with Gasteiger partial charge in [-0.2, -0.15) is 0 Å². The van der Waals surface area contributed by atoms with Crippen molar-refractivity contribution >= 4 is 11.9 Å². The van der Waals surface area contributed by atoms with Crippen LogP contribution in [-0.2, 0) is 19.1 Å². The quantitative estimate of drug-likeness (QED) is 0.859. The lowest BCUT2D eigenvalue weighted by Gasteiger charge is -2.30. The van der Waals surface area contributed by atoms with Crippen molar-refractivity contribution in [3.05, 3.63) is 57.9 Å². The average Bonchev–Trinajstić information content (AvgIpc) is 2.53. The fourth-order valence-electron chi connectivity index (χ4n) is 2.80. The molecule has 0 saturated carbocycles. The molecule has 1 heterocycles. The number of allylic oxidation sites excluding steroid dienone is 2. The number of hydrogen-bond donors (Lipinski definition) is 1. The van der Waals surface area contributed by atoms with E-state index in [1.165, 1.54) is 20.3 Å². The molecule has 0 aliphatic carbocycles. The molecule has 24 heavy (non-hydrogen) atoms. The van der Waals surface area contributed by atoms with Crippen LogP contribution in [0.4, 0.5) is 8.78 Å². The molecule has 1 aliphatic heterocycles. The van der Waals surface area contributed by atoms with E-state index in [0.29, 0.717) is 17.5 Å². The number of ether oxygens (including phenoxy) is 2. The number of benzene rings is 1.